The van der Waals surface area contributed by atoms with Gasteiger partial charge < -0.3 is 24.2 Å². The van der Waals surface area contributed by atoms with E-state index in [0.29, 0.717) is 19.7 Å². The van der Waals surface area contributed by atoms with Crippen molar-refractivity contribution in [2.75, 3.05) is 13.1 Å². The van der Waals surface area contributed by atoms with Crippen LogP contribution < -0.4 is 4.74 Å². The number of carbonyl (C=O) groups is 2. The number of amides is 1. The molecule has 0 saturated carbocycles. The molecule has 2 heterocycles. The number of likely N-dealkylation sites (tertiary alicyclic amines) is 1. The smallest absolute Gasteiger partial charge is 0.410 e. The van der Waals surface area contributed by atoms with E-state index in [9.17, 15) is 9.59 Å². The minimum Gasteiger partial charge on any atom is -0.478 e. The van der Waals surface area contributed by atoms with Crippen LogP contribution in [-0.4, -0.2) is 47.0 Å². The van der Waals surface area contributed by atoms with E-state index in [0.717, 1.165) is 35.3 Å². The molecule has 1 N–H and O–H groups in total. The predicted octanol–water partition coefficient (Wildman–Crippen LogP) is 4.93. The van der Waals surface area contributed by atoms with Crippen molar-refractivity contribution in [2.45, 2.75) is 52.1 Å². The minimum absolute atomic E-state index is 0.213. The van der Waals surface area contributed by atoms with E-state index in [1.807, 2.05) is 39.0 Å². The normalized spacial score (nSPS) is 19.1. The zero-order chi connectivity index (χ0) is 22.9. The number of carboxylic acid groups (broad SMARTS) is 1. The summed E-state index contributed by atoms with van der Waals surface area (Å²) < 4.78 is 17.6. The number of carboxylic acids is 1. The third kappa shape index (κ3) is 5.05. The summed E-state index contributed by atoms with van der Waals surface area (Å²) in [7, 11) is 0. The lowest BCUT2D eigenvalue weighted by Crippen LogP contribution is -2.45. The van der Waals surface area contributed by atoms with E-state index >= 15 is 0 Å². The molecule has 2 aromatic rings. The molecule has 2 aromatic carbocycles. The second-order valence-corrected chi connectivity index (χ2v) is 9.31. The van der Waals surface area contributed by atoms with Crippen LogP contribution in [0.1, 0.15) is 49.5 Å². The maximum atomic E-state index is 12.3. The van der Waals surface area contributed by atoms with Gasteiger partial charge in [0.25, 0.3) is 0 Å². The van der Waals surface area contributed by atoms with E-state index in [2.05, 4.69) is 0 Å². The number of rotatable bonds is 3. The molecule has 0 spiro atoms. The number of nitrogens with zero attached hydrogens (tertiary/aromatic N) is 1. The Bertz CT molecular complexity index is 986. The number of ether oxygens (including phenoxy) is 3. The van der Waals surface area contributed by atoms with Crippen molar-refractivity contribution in [3.05, 3.63) is 53.6 Å². The van der Waals surface area contributed by atoms with Gasteiger partial charge >= 0.3 is 12.1 Å². The molecule has 170 valence electrons. The van der Waals surface area contributed by atoms with Crippen LogP contribution in [-0.2, 0) is 16.1 Å². The van der Waals surface area contributed by atoms with Gasteiger partial charge in [-0.1, -0.05) is 18.2 Å². The largest absolute Gasteiger partial charge is 0.478 e. The molecule has 2 aliphatic rings. The summed E-state index contributed by atoms with van der Waals surface area (Å²) in [5, 5.41) is 9.06. The highest BCUT2D eigenvalue weighted by atomic mass is 16.7. The highest BCUT2D eigenvalue weighted by molar-refractivity contribution is 5.88. The van der Waals surface area contributed by atoms with Crippen LogP contribution >= 0.6 is 0 Å². The Morgan fingerprint density at radius 2 is 1.69 bits per heavy atom. The number of benzene rings is 2. The van der Waals surface area contributed by atoms with Crippen molar-refractivity contribution in [1.29, 1.82) is 0 Å². The van der Waals surface area contributed by atoms with Gasteiger partial charge in [-0.25, -0.2) is 9.59 Å². The number of carbonyl (C=O) groups excluding carboxylic acids is 1. The van der Waals surface area contributed by atoms with Crippen molar-refractivity contribution in [3.63, 3.8) is 0 Å². The molecule has 0 radical (unpaired) electrons. The zero-order valence-electron chi connectivity index (χ0n) is 18.7. The summed E-state index contributed by atoms with van der Waals surface area (Å²) in [5.41, 5.74) is 2.65. The Morgan fingerprint density at radius 3 is 2.31 bits per heavy atom. The summed E-state index contributed by atoms with van der Waals surface area (Å²) in [6.07, 6.45) is 1.00. The summed E-state index contributed by atoms with van der Waals surface area (Å²) in [6, 6.07) is 12.7. The molecule has 32 heavy (non-hydrogen) atoms. The monoisotopic (exact) mass is 439 g/mol. The Morgan fingerprint density at radius 1 is 1.03 bits per heavy atom. The maximum absolute atomic E-state index is 12.3. The van der Waals surface area contributed by atoms with Crippen LogP contribution in [0.25, 0.3) is 11.1 Å². The second kappa shape index (κ2) is 8.82. The minimum atomic E-state index is -0.938. The molecule has 1 unspecified atom stereocenters. The van der Waals surface area contributed by atoms with Gasteiger partial charge in [0.15, 0.2) is 0 Å². The van der Waals surface area contributed by atoms with Crippen LogP contribution in [0.4, 0.5) is 4.79 Å². The highest BCUT2D eigenvalue weighted by Gasteiger charge is 2.34. The van der Waals surface area contributed by atoms with Gasteiger partial charge in [0.1, 0.15) is 11.4 Å². The molecular weight excluding hydrogens is 410 g/mol. The van der Waals surface area contributed by atoms with Gasteiger partial charge in [0, 0.05) is 24.6 Å². The van der Waals surface area contributed by atoms with Gasteiger partial charge in [-0.05, 0) is 69.0 Å². The Kier molecular flexibility index (Phi) is 6.11. The van der Waals surface area contributed by atoms with Crippen LogP contribution in [0.15, 0.2) is 42.5 Å². The van der Waals surface area contributed by atoms with E-state index in [1.54, 1.807) is 29.2 Å². The third-order valence-corrected chi connectivity index (χ3v) is 5.75. The fourth-order valence-electron chi connectivity index (χ4n) is 4.04. The van der Waals surface area contributed by atoms with E-state index in [4.69, 9.17) is 19.3 Å². The number of fused-ring (bicyclic) bond motifs is 1. The lowest BCUT2D eigenvalue weighted by Gasteiger charge is -2.38. The van der Waals surface area contributed by atoms with Crippen LogP contribution in [0, 0.1) is 5.92 Å². The van der Waals surface area contributed by atoms with Crippen LogP contribution in [0.3, 0.4) is 0 Å². The Hall–Kier alpha value is -3.06. The number of hydrogen-bond acceptors (Lipinski definition) is 5. The Labute approximate surface area is 187 Å². The molecule has 0 bridgehead atoms. The molecule has 1 fully saturated rings. The molecule has 0 aliphatic carbocycles. The summed E-state index contributed by atoms with van der Waals surface area (Å²) in [5.74, 6) is 0.0820. The van der Waals surface area contributed by atoms with Crippen molar-refractivity contribution in [2.24, 2.45) is 5.92 Å². The quantitative estimate of drug-likeness (QED) is 0.730. The number of piperidine rings is 1. The van der Waals surface area contributed by atoms with Gasteiger partial charge in [-0.15, -0.1) is 0 Å². The first-order chi connectivity index (χ1) is 15.2. The van der Waals surface area contributed by atoms with Crippen molar-refractivity contribution in [3.8, 4) is 16.9 Å². The van der Waals surface area contributed by atoms with Gasteiger partial charge in [0.2, 0.25) is 6.29 Å². The molecule has 0 aromatic heterocycles. The average molecular weight is 440 g/mol. The first-order valence-electron chi connectivity index (χ1n) is 10.9. The Balaban J connectivity index is 1.36. The van der Waals surface area contributed by atoms with E-state index < -0.39 is 11.6 Å². The SMILES string of the molecule is CC(C)(C)OC(=O)N1CCC(C2OCc3cc(-c4ccc(C(=O)O)cc4)ccc3O2)CC1. The zero-order valence-corrected chi connectivity index (χ0v) is 18.7. The van der Waals surface area contributed by atoms with Crippen molar-refractivity contribution < 1.29 is 28.9 Å². The molecule has 7 nitrogen and oxygen atoms in total. The van der Waals surface area contributed by atoms with Crippen molar-refractivity contribution >= 4 is 12.1 Å². The second-order valence-electron chi connectivity index (χ2n) is 9.31. The fraction of sp³-hybridized carbons (Fsp3) is 0.440. The highest BCUT2D eigenvalue weighted by Crippen LogP contribution is 2.35. The maximum Gasteiger partial charge on any atom is 0.410 e. The molecule has 7 heteroatoms. The lowest BCUT2D eigenvalue weighted by molar-refractivity contribution is -0.149. The lowest BCUT2D eigenvalue weighted by atomic mass is 9.95. The predicted molar refractivity (Wildman–Crippen MR) is 119 cm³/mol. The molecule has 4 rings (SSSR count). The van der Waals surface area contributed by atoms with Gasteiger partial charge in [0.05, 0.1) is 12.2 Å². The van der Waals surface area contributed by atoms with Gasteiger partial charge in [-0.3, -0.25) is 0 Å². The summed E-state index contributed by atoms with van der Waals surface area (Å²) in [6.45, 7) is 7.31. The van der Waals surface area contributed by atoms with Gasteiger partial charge in [-0.2, -0.15) is 0 Å². The van der Waals surface area contributed by atoms with E-state index in [1.165, 1.54) is 0 Å². The summed E-state index contributed by atoms with van der Waals surface area (Å²) >= 11 is 0. The first kappa shape index (κ1) is 22.1. The number of hydrogen-bond donors (Lipinski definition) is 1. The third-order valence-electron chi connectivity index (χ3n) is 5.75. The standard InChI is InChI=1S/C25H29NO6/c1-25(2,3)32-24(29)26-12-10-18(11-13-26)23-30-15-20-14-19(8-9-21(20)31-23)16-4-6-17(7-5-16)22(27)28/h4-9,14,18,23H,10-13,15H2,1-3H3,(H,27,28). The first-order valence-corrected chi connectivity index (χ1v) is 10.9. The molecule has 1 atom stereocenters. The van der Waals surface area contributed by atoms with Crippen molar-refractivity contribution in [1.82, 2.24) is 4.90 Å². The topological polar surface area (TPSA) is 85.3 Å². The van der Waals surface area contributed by atoms with Crippen LogP contribution in [0.5, 0.6) is 5.75 Å². The molecule has 2 aliphatic heterocycles. The molecular formula is C25H29NO6. The summed E-state index contributed by atoms with van der Waals surface area (Å²) in [4.78, 5) is 25.1. The molecule has 1 amide bonds. The number of aromatic carboxylic acids is 1. The molecule has 1 saturated heterocycles. The van der Waals surface area contributed by atoms with Crippen LogP contribution in [0.2, 0.25) is 0 Å². The fourth-order valence-corrected chi connectivity index (χ4v) is 4.04. The average Bonchev–Trinajstić information content (AvgIpc) is 2.77. The van der Waals surface area contributed by atoms with E-state index in [-0.39, 0.29) is 23.9 Å².